The van der Waals surface area contributed by atoms with Crippen LogP contribution >= 0.6 is 11.6 Å². The van der Waals surface area contributed by atoms with Crippen LogP contribution in [-0.4, -0.2) is 47.3 Å². The molecule has 2 aromatic carbocycles. The van der Waals surface area contributed by atoms with Gasteiger partial charge in [0.05, 0.1) is 23.9 Å². The topological polar surface area (TPSA) is 76.5 Å². The number of aromatic nitrogens is 2. The highest BCUT2D eigenvalue weighted by molar-refractivity contribution is 6.32. The normalized spacial score (nSPS) is 14.8. The minimum absolute atomic E-state index is 0.00130. The molecule has 2 heterocycles. The van der Waals surface area contributed by atoms with Gasteiger partial charge in [0, 0.05) is 18.3 Å². The zero-order valence-corrected chi connectivity index (χ0v) is 19.5. The Morgan fingerprint density at radius 2 is 1.85 bits per heavy atom. The number of carbonyl (C=O) groups is 1. The number of nitrogens with one attached hydrogen (secondary N) is 1. The summed E-state index contributed by atoms with van der Waals surface area (Å²) in [6.45, 7) is 4.06. The van der Waals surface area contributed by atoms with E-state index in [0.717, 1.165) is 37.2 Å². The Morgan fingerprint density at radius 1 is 1.15 bits per heavy atom. The first-order chi connectivity index (χ1) is 16.0. The highest BCUT2D eigenvalue weighted by Gasteiger charge is 2.25. The molecule has 1 atom stereocenters. The second-order valence-electron chi connectivity index (χ2n) is 8.10. The molecule has 1 fully saturated rings. The van der Waals surface area contributed by atoms with Crippen LogP contribution in [0.15, 0.2) is 59.4 Å². The first kappa shape index (κ1) is 23.0. The number of para-hydroxylation sites is 1. The van der Waals surface area contributed by atoms with Crippen molar-refractivity contribution in [2.45, 2.75) is 25.8 Å². The predicted octanol–water partition coefficient (Wildman–Crippen LogP) is 3.77. The smallest absolute Gasteiger partial charge is 0.275 e. The summed E-state index contributed by atoms with van der Waals surface area (Å²) in [7, 11) is 1.64. The van der Waals surface area contributed by atoms with Gasteiger partial charge in [-0.2, -0.15) is 5.10 Å². The van der Waals surface area contributed by atoms with Gasteiger partial charge in [-0.25, -0.2) is 4.68 Å². The van der Waals surface area contributed by atoms with Gasteiger partial charge in [0.1, 0.15) is 5.75 Å². The first-order valence-corrected chi connectivity index (χ1v) is 11.4. The van der Waals surface area contributed by atoms with E-state index < -0.39 is 11.3 Å². The molecule has 3 aromatic rings. The van der Waals surface area contributed by atoms with Crippen molar-refractivity contribution in [3.8, 4) is 11.4 Å². The Balaban J connectivity index is 1.58. The molecule has 1 saturated heterocycles. The molecule has 8 heteroatoms. The van der Waals surface area contributed by atoms with Gasteiger partial charge in [0.25, 0.3) is 5.91 Å². The van der Waals surface area contributed by atoms with E-state index in [1.165, 1.54) is 10.7 Å². The zero-order chi connectivity index (χ0) is 23.4. The number of aryl methyl sites for hydroxylation is 1. The third-order valence-electron chi connectivity index (χ3n) is 5.94. The summed E-state index contributed by atoms with van der Waals surface area (Å²) < 4.78 is 6.80. The lowest BCUT2D eigenvalue weighted by Gasteiger charge is -2.28. The van der Waals surface area contributed by atoms with Crippen LogP contribution in [0.5, 0.6) is 5.75 Å². The number of likely N-dealkylation sites (tertiary alicyclic amines) is 1. The van der Waals surface area contributed by atoms with E-state index in [1.807, 2.05) is 36.4 Å². The zero-order valence-electron chi connectivity index (χ0n) is 18.8. The lowest BCUT2D eigenvalue weighted by atomic mass is 10.1. The van der Waals surface area contributed by atoms with E-state index in [1.54, 1.807) is 26.2 Å². The van der Waals surface area contributed by atoms with Crippen LogP contribution in [0, 0.1) is 6.92 Å². The number of hydrogen-bond acceptors (Lipinski definition) is 5. The van der Waals surface area contributed by atoms with Crippen LogP contribution in [0.4, 0.5) is 0 Å². The summed E-state index contributed by atoms with van der Waals surface area (Å²) in [5, 5.41) is 7.77. The predicted molar refractivity (Wildman–Crippen MR) is 128 cm³/mol. The third-order valence-corrected chi connectivity index (χ3v) is 6.26. The van der Waals surface area contributed by atoms with Gasteiger partial charge >= 0.3 is 0 Å². The molecule has 1 unspecified atom stereocenters. The van der Waals surface area contributed by atoms with Crippen molar-refractivity contribution >= 4 is 17.5 Å². The Labute approximate surface area is 197 Å². The van der Waals surface area contributed by atoms with Crippen molar-refractivity contribution in [1.29, 1.82) is 0 Å². The Kier molecular flexibility index (Phi) is 7.11. The Hall–Kier alpha value is -3.16. The standard InChI is InChI=1S/C25H27ClN4O3/c1-17-15-23(31)24(28-30(17)21-8-4-3-7-20(21)26)25(32)27-16-22(29-13-5-6-14-29)18-9-11-19(33-2)12-10-18/h3-4,7-12,15,22H,5-6,13-14,16H2,1-2H3,(H,27,32). The van der Waals surface area contributed by atoms with Gasteiger partial charge < -0.3 is 10.1 Å². The largest absolute Gasteiger partial charge is 0.497 e. The summed E-state index contributed by atoms with van der Waals surface area (Å²) in [6, 6.07) is 16.5. The van der Waals surface area contributed by atoms with Gasteiger partial charge in [-0.05, 0) is 62.7 Å². The quantitative estimate of drug-likeness (QED) is 0.573. The Morgan fingerprint density at radius 3 is 2.52 bits per heavy atom. The van der Waals surface area contributed by atoms with Crippen molar-refractivity contribution in [1.82, 2.24) is 20.0 Å². The fourth-order valence-corrected chi connectivity index (χ4v) is 4.40. The maximum absolute atomic E-state index is 13.0. The van der Waals surface area contributed by atoms with Crippen LogP contribution in [0.3, 0.4) is 0 Å². The molecule has 33 heavy (non-hydrogen) atoms. The summed E-state index contributed by atoms with van der Waals surface area (Å²) >= 11 is 6.31. The maximum Gasteiger partial charge on any atom is 0.275 e. The van der Waals surface area contributed by atoms with Crippen LogP contribution in [0.1, 0.15) is 40.6 Å². The van der Waals surface area contributed by atoms with Crippen molar-refractivity contribution in [3.63, 3.8) is 0 Å². The summed E-state index contributed by atoms with van der Waals surface area (Å²) in [4.78, 5) is 28.0. The number of carbonyl (C=O) groups excluding carboxylic acids is 1. The van der Waals surface area contributed by atoms with Crippen molar-refractivity contribution < 1.29 is 9.53 Å². The summed E-state index contributed by atoms with van der Waals surface area (Å²) in [5.74, 6) is 0.283. The molecule has 0 radical (unpaired) electrons. The lowest BCUT2D eigenvalue weighted by Crippen LogP contribution is -2.39. The van der Waals surface area contributed by atoms with E-state index in [0.29, 0.717) is 22.9 Å². The fourth-order valence-electron chi connectivity index (χ4n) is 4.18. The molecule has 172 valence electrons. The van der Waals surface area contributed by atoms with Crippen LogP contribution in [0.25, 0.3) is 5.69 Å². The molecule has 1 aliphatic rings. The molecule has 7 nitrogen and oxygen atoms in total. The molecule has 0 bridgehead atoms. The summed E-state index contributed by atoms with van der Waals surface area (Å²) in [6.07, 6.45) is 2.26. The minimum atomic E-state index is -0.501. The van der Waals surface area contributed by atoms with Crippen molar-refractivity contribution in [2.75, 3.05) is 26.7 Å². The summed E-state index contributed by atoms with van der Waals surface area (Å²) in [5.41, 5.74) is 1.71. The molecule has 0 aliphatic carbocycles. The monoisotopic (exact) mass is 466 g/mol. The van der Waals surface area contributed by atoms with Gasteiger partial charge in [-0.15, -0.1) is 0 Å². The number of halogens is 1. The molecule has 1 aliphatic heterocycles. The molecule has 4 rings (SSSR count). The number of methoxy groups -OCH3 is 1. The van der Waals surface area contributed by atoms with Gasteiger partial charge in [0.2, 0.25) is 5.43 Å². The lowest BCUT2D eigenvalue weighted by molar-refractivity contribution is 0.0930. The molecule has 0 spiro atoms. The van der Waals surface area contributed by atoms with Gasteiger partial charge in [-0.3, -0.25) is 14.5 Å². The number of amides is 1. The van der Waals surface area contributed by atoms with Gasteiger partial charge in [0.15, 0.2) is 5.69 Å². The highest BCUT2D eigenvalue weighted by atomic mass is 35.5. The highest BCUT2D eigenvalue weighted by Crippen LogP contribution is 2.26. The minimum Gasteiger partial charge on any atom is -0.497 e. The molecular formula is C25H27ClN4O3. The fraction of sp³-hybridized carbons (Fsp3) is 0.320. The van der Waals surface area contributed by atoms with Crippen molar-refractivity contribution in [3.05, 3.63) is 86.8 Å². The maximum atomic E-state index is 13.0. The number of benzene rings is 2. The molecule has 1 aromatic heterocycles. The van der Waals surface area contributed by atoms with E-state index >= 15 is 0 Å². The van der Waals surface area contributed by atoms with Crippen molar-refractivity contribution in [2.24, 2.45) is 0 Å². The van der Waals surface area contributed by atoms with Crippen LogP contribution < -0.4 is 15.5 Å². The molecule has 0 saturated carbocycles. The molecule has 1 N–H and O–H groups in total. The number of hydrogen-bond donors (Lipinski definition) is 1. The third kappa shape index (κ3) is 5.10. The van der Waals surface area contributed by atoms with Crippen LogP contribution in [-0.2, 0) is 0 Å². The number of rotatable bonds is 7. The van der Waals surface area contributed by atoms with E-state index in [9.17, 15) is 9.59 Å². The Bertz CT molecular complexity index is 1190. The van der Waals surface area contributed by atoms with E-state index in [4.69, 9.17) is 16.3 Å². The number of nitrogens with zero attached hydrogens (tertiary/aromatic N) is 3. The molecular weight excluding hydrogens is 440 g/mol. The van der Waals surface area contributed by atoms with Crippen LogP contribution in [0.2, 0.25) is 5.02 Å². The SMILES string of the molecule is COc1ccc(C(CNC(=O)c2nn(-c3ccccc3Cl)c(C)cc2=O)N2CCCC2)cc1. The van der Waals surface area contributed by atoms with E-state index in [-0.39, 0.29) is 11.7 Å². The average molecular weight is 467 g/mol. The molecule has 1 amide bonds. The second kappa shape index (κ2) is 10.2. The second-order valence-corrected chi connectivity index (χ2v) is 8.51. The first-order valence-electron chi connectivity index (χ1n) is 11.0. The average Bonchev–Trinajstić information content (AvgIpc) is 3.35. The number of ether oxygens (including phenoxy) is 1. The van der Waals surface area contributed by atoms with E-state index in [2.05, 4.69) is 15.3 Å². The van der Waals surface area contributed by atoms with Gasteiger partial charge in [-0.1, -0.05) is 35.9 Å².